The Balaban J connectivity index is 2.13. The minimum atomic E-state index is -1.08. The number of rotatable bonds is 4. The highest BCUT2D eigenvalue weighted by Gasteiger charge is 2.11. The van der Waals surface area contributed by atoms with Gasteiger partial charge in [0.1, 0.15) is 0 Å². The molecular weight excluding hydrogens is 270 g/mol. The van der Waals surface area contributed by atoms with Crippen LogP contribution in [-0.4, -0.2) is 26.8 Å². The molecule has 2 rings (SSSR count). The summed E-state index contributed by atoms with van der Waals surface area (Å²) in [5.41, 5.74) is 1.94. The first-order chi connectivity index (χ1) is 9.95. The molecule has 2 N–H and O–H groups in total. The Morgan fingerprint density at radius 3 is 2.76 bits per heavy atom. The molecule has 6 nitrogen and oxygen atoms in total. The first-order valence-corrected chi connectivity index (χ1v) is 6.27. The lowest BCUT2D eigenvalue weighted by Crippen LogP contribution is -2.12. The van der Waals surface area contributed by atoms with E-state index in [4.69, 9.17) is 5.11 Å². The molecule has 0 spiro atoms. The summed E-state index contributed by atoms with van der Waals surface area (Å²) < 4.78 is 1.63. The predicted molar refractivity (Wildman–Crippen MR) is 79.0 cm³/mol. The molecule has 0 fully saturated rings. The van der Waals surface area contributed by atoms with Gasteiger partial charge in [-0.15, -0.1) is 0 Å². The summed E-state index contributed by atoms with van der Waals surface area (Å²) in [7, 11) is 1.78. The van der Waals surface area contributed by atoms with Crippen LogP contribution in [0.1, 0.15) is 21.5 Å². The van der Waals surface area contributed by atoms with E-state index in [2.05, 4.69) is 10.4 Å². The molecule has 0 aliphatic heterocycles. The molecule has 108 valence electrons. The summed E-state index contributed by atoms with van der Waals surface area (Å²) >= 11 is 0. The number of amides is 1. The number of aromatic nitrogens is 2. The Morgan fingerprint density at radius 1 is 1.38 bits per heavy atom. The number of carbonyl (C=O) groups is 2. The Labute approximate surface area is 121 Å². The number of carboxylic acids is 1. The van der Waals surface area contributed by atoms with Crippen LogP contribution in [0.5, 0.6) is 0 Å². The molecule has 1 amide bonds. The van der Waals surface area contributed by atoms with Gasteiger partial charge in [0.2, 0.25) is 5.91 Å². The highest BCUT2D eigenvalue weighted by atomic mass is 16.4. The molecule has 1 heterocycles. The molecule has 1 aromatic carbocycles. The lowest BCUT2D eigenvalue weighted by molar-refractivity contribution is -0.111. The third-order valence-corrected chi connectivity index (χ3v) is 2.82. The average molecular weight is 285 g/mol. The van der Waals surface area contributed by atoms with Crippen molar-refractivity contribution in [3.63, 3.8) is 0 Å². The second-order valence-corrected chi connectivity index (χ2v) is 4.62. The second-order valence-electron chi connectivity index (χ2n) is 4.62. The van der Waals surface area contributed by atoms with Crippen LogP contribution in [0.2, 0.25) is 0 Å². The molecule has 0 unspecified atom stereocenters. The van der Waals surface area contributed by atoms with E-state index < -0.39 is 11.9 Å². The minimum absolute atomic E-state index is 0.0677. The van der Waals surface area contributed by atoms with Crippen LogP contribution >= 0.6 is 0 Å². The Bertz CT molecular complexity index is 717. The van der Waals surface area contributed by atoms with Crippen LogP contribution in [0.15, 0.2) is 36.7 Å². The van der Waals surface area contributed by atoms with Crippen LogP contribution in [0.3, 0.4) is 0 Å². The third kappa shape index (κ3) is 3.79. The Kier molecular flexibility index (Phi) is 4.18. The maximum absolute atomic E-state index is 11.8. The second kappa shape index (κ2) is 6.04. The zero-order valence-corrected chi connectivity index (χ0v) is 11.7. The standard InChI is InChI=1S/C15H15N3O3/c1-10-3-5-13(12(7-10)15(20)21)17-14(19)6-4-11-8-16-18(2)9-11/h3-9H,1-2H3,(H,17,19)(H,20,21)/b6-4+. The number of benzene rings is 1. The van der Waals surface area contributed by atoms with E-state index in [1.165, 1.54) is 12.1 Å². The first-order valence-electron chi connectivity index (χ1n) is 6.27. The lowest BCUT2D eigenvalue weighted by Gasteiger charge is -2.07. The minimum Gasteiger partial charge on any atom is -0.478 e. The Morgan fingerprint density at radius 2 is 2.14 bits per heavy atom. The summed E-state index contributed by atoms with van der Waals surface area (Å²) in [5.74, 6) is -1.48. The van der Waals surface area contributed by atoms with Gasteiger partial charge in [0.25, 0.3) is 0 Å². The number of nitrogens with one attached hydrogen (secondary N) is 1. The molecule has 2 aromatic rings. The highest BCUT2D eigenvalue weighted by molar-refractivity contribution is 6.06. The molecular formula is C15H15N3O3. The summed E-state index contributed by atoms with van der Waals surface area (Å²) in [4.78, 5) is 23.0. The predicted octanol–water partition coefficient (Wildman–Crippen LogP) is 2.08. The van der Waals surface area contributed by atoms with E-state index in [0.717, 1.165) is 11.1 Å². The molecule has 21 heavy (non-hydrogen) atoms. The summed E-state index contributed by atoms with van der Waals surface area (Å²) in [6.07, 6.45) is 6.33. The van der Waals surface area contributed by atoms with Crippen molar-refractivity contribution in [1.82, 2.24) is 9.78 Å². The number of nitrogens with zero attached hydrogens (tertiary/aromatic N) is 2. The molecule has 0 aliphatic carbocycles. The zero-order chi connectivity index (χ0) is 15.4. The molecule has 0 bridgehead atoms. The average Bonchev–Trinajstić information content (AvgIpc) is 2.84. The number of carbonyl (C=O) groups excluding carboxylic acids is 1. The van der Waals surface area contributed by atoms with Gasteiger partial charge in [-0.1, -0.05) is 11.6 Å². The summed E-state index contributed by atoms with van der Waals surface area (Å²) in [6, 6.07) is 4.84. The third-order valence-electron chi connectivity index (χ3n) is 2.82. The quantitative estimate of drug-likeness (QED) is 0.842. The van der Waals surface area contributed by atoms with E-state index in [1.54, 1.807) is 49.3 Å². The lowest BCUT2D eigenvalue weighted by atomic mass is 10.1. The van der Waals surface area contributed by atoms with Crippen LogP contribution < -0.4 is 5.32 Å². The molecule has 0 saturated carbocycles. The SMILES string of the molecule is Cc1ccc(NC(=O)/C=C/c2cnn(C)c2)c(C(=O)O)c1. The molecule has 6 heteroatoms. The highest BCUT2D eigenvalue weighted by Crippen LogP contribution is 2.17. The number of hydrogen-bond donors (Lipinski definition) is 2. The van der Waals surface area contributed by atoms with Gasteiger partial charge in [-0.05, 0) is 25.1 Å². The Hall–Kier alpha value is -2.89. The van der Waals surface area contributed by atoms with Crippen molar-refractivity contribution in [3.8, 4) is 0 Å². The van der Waals surface area contributed by atoms with Crippen molar-refractivity contribution in [1.29, 1.82) is 0 Å². The van der Waals surface area contributed by atoms with E-state index in [-0.39, 0.29) is 11.3 Å². The van der Waals surface area contributed by atoms with Crippen molar-refractivity contribution in [2.24, 2.45) is 7.05 Å². The maximum atomic E-state index is 11.8. The maximum Gasteiger partial charge on any atom is 0.337 e. The van der Waals surface area contributed by atoms with Gasteiger partial charge in [-0.25, -0.2) is 4.79 Å². The van der Waals surface area contributed by atoms with E-state index in [9.17, 15) is 9.59 Å². The number of aromatic carboxylic acids is 1. The monoisotopic (exact) mass is 285 g/mol. The van der Waals surface area contributed by atoms with Gasteiger partial charge in [0, 0.05) is 24.9 Å². The number of hydrogen-bond acceptors (Lipinski definition) is 3. The van der Waals surface area contributed by atoms with E-state index in [1.807, 2.05) is 0 Å². The van der Waals surface area contributed by atoms with E-state index in [0.29, 0.717) is 0 Å². The summed E-state index contributed by atoms with van der Waals surface area (Å²) in [6.45, 7) is 1.79. The smallest absolute Gasteiger partial charge is 0.337 e. The van der Waals surface area contributed by atoms with E-state index >= 15 is 0 Å². The fourth-order valence-electron chi connectivity index (χ4n) is 1.82. The van der Waals surface area contributed by atoms with Crippen molar-refractivity contribution >= 4 is 23.6 Å². The molecule has 0 radical (unpaired) electrons. The van der Waals surface area contributed by atoms with Crippen molar-refractivity contribution < 1.29 is 14.7 Å². The normalized spacial score (nSPS) is 10.8. The van der Waals surface area contributed by atoms with Crippen LogP contribution in [0, 0.1) is 6.92 Å². The van der Waals surface area contributed by atoms with Gasteiger partial charge in [0.05, 0.1) is 17.4 Å². The molecule has 0 aliphatic rings. The topological polar surface area (TPSA) is 84.2 Å². The first kappa shape index (κ1) is 14.5. The molecule has 0 atom stereocenters. The van der Waals surface area contributed by atoms with Gasteiger partial charge < -0.3 is 10.4 Å². The molecule has 0 saturated heterocycles. The number of anilines is 1. The summed E-state index contributed by atoms with van der Waals surface area (Å²) in [5, 5.41) is 15.7. The van der Waals surface area contributed by atoms with Crippen LogP contribution in [-0.2, 0) is 11.8 Å². The number of aryl methyl sites for hydroxylation is 2. The van der Waals surface area contributed by atoms with Gasteiger partial charge >= 0.3 is 5.97 Å². The van der Waals surface area contributed by atoms with Crippen molar-refractivity contribution in [2.45, 2.75) is 6.92 Å². The van der Waals surface area contributed by atoms with Crippen molar-refractivity contribution in [2.75, 3.05) is 5.32 Å². The molecule has 1 aromatic heterocycles. The largest absolute Gasteiger partial charge is 0.478 e. The fraction of sp³-hybridized carbons (Fsp3) is 0.133. The number of carboxylic acid groups (broad SMARTS) is 1. The van der Waals surface area contributed by atoms with Gasteiger partial charge in [-0.3, -0.25) is 9.48 Å². The zero-order valence-electron chi connectivity index (χ0n) is 11.7. The van der Waals surface area contributed by atoms with Gasteiger partial charge in [-0.2, -0.15) is 5.10 Å². The van der Waals surface area contributed by atoms with Crippen molar-refractivity contribution in [3.05, 3.63) is 53.4 Å². The fourth-order valence-corrected chi connectivity index (χ4v) is 1.82. The van der Waals surface area contributed by atoms with Crippen LogP contribution in [0.4, 0.5) is 5.69 Å². The van der Waals surface area contributed by atoms with Crippen LogP contribution in [0.25, 0.3) is 6.08 Å². The van der Waals surface area contributed by atoms with Gasteiger partial charge in [0.15, 0.2) is 0 Å².